The molecule has 0 atom stereocenters. The molecular formula is C50H30. The largest absolute Gasteiger partial charge is 0.0622 e. The Labute approximate surface area is 290 Å². The van der Waals surface area contributed by atoms with Crippen LogP contribution in [-0.2, 0) is 0 Å². The Bertz CT molecular complexity index is 3060. The quantitative estimate of drug-likeness (QED) is 0.170. The average Bonchev–Trinajstić information content (AvgIpc) is 3.19. The van der Waals surface area contributed by atoms with Crippen molar-refractivity contribution >= 4 is 64.6 Å². The van der Waals surface area contributed by atoms with Gasteiger partial charge in [0, 0.05) is 0 Å². The van der Waals surface area contributed by atoms with Gasteiger partial charge in [-0.15, -0.1) is 0 Å². The summed E-state index contributed by atoms with van der Waals surface area (Å²) in [7, 11) is 0. The summed E-state index contributed by atoms with van der Waals surface area (Å²) in [5.74, 6) is 0. The summed E-state index contributed by atoms with van der Waals surface area (Å²) in [6.07, 6.45) is 0. The van der Waals surface area contributed by atoms with E-state index in [0.29, 0.717) is 0 Å². The van der Waals surface area contributed by atoms with Crippen LogP contribution in [0.2, 0.25) is 0 Å². The molecule has 50 heavy (non-hydrogen) atoms. The van der Waals surface area contributed by atoms with Gasteiger partial charge in [-0.1, -0.05) is 170 Å². The minimum Gasteiger partial charge on any atom is -0.0622 e. The predicted octanol–water partition coefficient (Wildman–Crippen LogP) is 14.1. The normalized spacial score (nSPS) is 12.0. The van der Waals surface area contributed by atoms with Crippen LogP contribution in [0.25, 0.3) is 109 Å². The van der Waals surface area contributed by atoms with Crippen LogP contribution in [0.3, 0.4) is 0 Å². The zero-order valence-corrected chi connectivity index (χ0v) is 27.3. The molecule has 0 nitrogen and oxygen atoms in total. The minimum atomic E-state index is 1.24. The van der Waals surface area contributed by atoms with E-state index in [2.05, 4.69) is 182 Å². The Morgan fingerprint density at radius 1 is 0.200 bits per heavy atom. The van der Waals surface area contributed by atoms with Crippen molar-refractivity contribution < 1.29 is 0 Å². The maximum atomic E-state index is 2.42. The van der Waals surface area contributed by atoms with Gasteiger partial charge in [0.15, 0.2) is 0 Å². The number of benzene rings is 11. The van der Waals surface area contributed by atoms with Crippen LogP contribution in [0.1, 0.15) is 0 Å². The van der Waals surface area contributed by atoms with E-state index in [-0.39, 0.29) is 0 Å². The zero-order valence-electron chi connectivity index (χ0n) is 27.3. The zero-order chi connectivity index (χ0) is 32.8. The van der Waals surface area contributed by atoms with Gasteiger partial charge >= 0.3 is 0 Å². The van der Waals surface area contributed by atoms with Crippen LogP contribution < -0.4 is 0 Å². The Kier molecular flexibility index (Phi) is 5.76. The highest BCUT2D eigenvalue weighted by Gasteiger charge is 2.18. The number of hydrogen-bond donors (Lipinski definition) is 0. The van der Waals surface area contributed by atoms with Crippen molar-refractivity contribution in [1.82, 2.24) is 0 Å². The second-order valence-corrected chi connectivity index (χ2v) is 13.6. The maximum absolute atomic E-state index is 2.42. The van der Waals surface area contributed by atoms with Gasteiger partial charge in [-0.05, 0) is 121 Å². The molecule has 0 aliphatic rings. The summed E-state index contributed by atoms with van der Waals surface area (Å²) in [5.41, 5.74) is 10.1. The first-order valence-electron chi connectivity index (χ1n) is 17.4. The first-order valence-corrected chi connectivity index (χ1v) is 17.4. The molecule has 0 radical (unpaired) electrons. The Hall–Kier alpha value is -6.50. The summed E-state index contributed by atoms with van der Waals surface area (Å²) in [6.45, 7) is 0. The molecule has 0 heterocycles. The fourth-order valence-corrected chi connectivity index (χ4v) is 8.73. The smallest absolute Gasteiger partial charge is 0.00201 e. The standard InChI is InChI=1S/C50H30/c1-2-9-31(10-3-1)39-16-4-5-17-41(39)42-26-24-38-30-46(43-18-8-13-34-23-28-45(42)50(38)49(34)43)37-15-7-14-36(29-37)40-25-21-35-20-19-32-11-6-12-33-22-27-44(40)48(35)47(32)33/h1-30H. The van der Waals surface area contributed by atoms with E-state index in [1.54, 1.807) is 0 Å². The lowest BCUT2D eigenvalue weighted by Gasteiger charge is -2.19. The van der Waals surface area contributed by atoms with Gasteiger partial charge in [-0.25, -0.2) is 0 Å². The molecule has 0 heteroatoms. The summed E-state index contributed by atoms with van der Waals surface area (Å²) in [4.78, 5) is 0. The van der Waals surface area contributed by atoms with Crippen molar-refractivity contribution in [3.8, 4) is 44.5 Å². The molecule has 0 fully saturated rings. The summed E-state index contributed by atoms with van der Waals surface area (Å²) < 4.78 is 0. The van der Waals surface area contributed by atoms with Crippen molar-refractivity contribution in [3.63, 3.8) is 0 Å². The second-order valence-electron chi connectivity index (χ2n) is 13.6. The molecule has 0 aromatic heterocycles. The van der Waals surface area contributed by atoms with Gasteiger partial charge in [0.1, 0.15) is 0 Å². The Morgan fingerprint density at radius 3 is 1.48 bits per heavy atom. The van der Waals surface area contributed by atoms with Crippen molar-refractivity contribution in [2.45, 2.75) is 0 Å². The maximum Gasteiger partial charge on any atom is -0.00201 e. The number of hydrogen-bond acceptors (Lipinski definition) is 0. The molecule has 0 unspecified atom stereocenters. The molecule has 0 bridgehead atoms. The molecule has 230 valence electrons. The van der Waals surface area contributed by atoms with E-state index in [1.165, 1.54) is 109 Å². The van der Waals surface area contributed by atoms with Crippen LogP contribution in [0.5, 0.6) is 0 Å². The summed E-state index contributed by atoms with van der Waals surface area (Å²) in [5, 5.41) is 15.7. The van der Waals surface area contributed by atoms with E-state index in [0.717, 1.165) is 0 Å². The molecule has 0 aliphatic carbocycles. The van der Waals surface area contributed by atoms with E-state index in [4.69, 9.17) is 0 Å². The number of rotatable bonds is 4. The highest BCUT2D eigenvalue weighted by atomic mass is 14.2. The Morgan fingerprint density at radius 2 is 0.680 bits per heavy atom. The van der Waals surface area contributed by atoms with Crippen LogP contribution in [0, 0.1) is 0 Å². The van der Waals surface area contributed by atoms with Crippen molar-refractivity contribution in [2.24, 2.45) is 0 Å². The highest BCUT2D eigenvalue weighted by Crippen LogP contribution is 2.46. The molecule has 0 saturated carbocycles. The van der Waals surface area contributed by atoms with Crippen molar-refractivity contribution in [2.75, 3.05) is 0 Å². The van der Waals surface area contributed by atoms with E-state index in [9.17, 15) is 0 Å². The minimum absolute atomic E-state index is 1.24. The second kappa shape index (κ2) is 10.5. The average molecular weight is 631 g/mol. The monoisotopic (exact) mass is 630 g/mol. The Balaban J connectivity index is 1.12. The van der Waals surface area contributed by atoms with Crippen molar-refractivity contribution in [1.29, 1.82) is 0 Å². The molecule has 0 aliphatic heterocycles. The van der Waals surface area contributed by atoms with Crippen molar-refractivity contribution in [3.05, 3.63) is 182 Å². The topological polar surface area (TPSA) is 0 Å². The van der Waals surface area contributed by atoms with E-state index in [1.807, 2.05) is 0 Å². The lowest BCUT2D eigenvalue weighted by atomic mass is 9.84. The molecule has 0 N–H and O–H groups in total. The lowest BCUT2D eigenvalue weighted by Crippen LogP contribution is -1.92. The summed E-state index contributed by atoms with van der Waals surface area (Å²) >= 11 is 0. The molecule has 11 aromatic rings. The first kappa shape index (κ1) is 27.5. The third-order valence-corrected chi connectivity index (χ3v) is 11.0. The SMILES string of the molecule is c1ccc(-c2ccccc2-c2ccc3cc(-c4cccc(-c5ccc6ccc7cccc8ccc5c6c78)c4)c4cccc5ccc2c3c54)cc1. The predicted molar refractivity (Wildman–Crippen MR) is 216 cm³/mol. The first-order chi connectivity index (χ1) is 24.8. The van der Waals surface area contributed by atoms with Gasteiger partial charge in [0.05, 0.1) is 0 Å². The fourth-order valence-electron chi connectivity index (χ4n) is 8.73. The van der Waals surface area contributed by atoms with Crippen LogP contribution in [0.4, 0.5) is 0 Å². The van der Waals surface area contributed by atoms with Gasteiger partial charge < -0.3 is 0 Å². The fraction of sp³-hybridized carbons (Fsp3) is 0. The molecule has 11 aromatic carbocycles. The molecule has 0 spiro atoms. The molecule has 0 amide bonds. The van der Waals surface area contributed by atoms with Gasteiger partial charge in [0.2, 0.25) is 0 Å². The molecular weight excluding hydrogens is 601 g/mol. The van der Waals surface area contributed by atoms with Crippen LogP contribution in [0.15, 0.2) is 182 Å². The van der Waals surface area contributed by atoms with Crippen LogP contribution in [-0.4, -0.2) is 0 Å². The van der Waals surface area contributed by atoms with Gasteiger partial charge in [-0.2, -0.15) is 0 Å². The van der Waals surface area contributed by atoms with E-state index < -0.39 is 0 Å². The van der Waals surface area contributed by atoms with Crippen LogP contribution >= 0.6 is 0 Å². The summed E-state index contributed by atoms with van der Waals surface area (Å²) in [6, 6.07) is 67.6. The van der Waals surface area contributed by atoms with E-state index >= 15 is 0 Å². The van der Waals surface area contributed by atoms with Gasteiger partial charge in [0.25, 0.3) is 0 Å². The molecule has 11 rings (SSSR count). The third kappa shape index (κ3) is 3.94. The van der Waals surface area contributed by atoms with Gasteiger partial charge in [-0.3, -0.25) is 0 Å². The molecule has 0 saturated heterocycles. The highest BCUT2D eigenvalue weighted by molar-refractivity contribution is 6.29. The third-order valence-electron chi connectivity index (χ3n) is 11.0. The lowest BCUT2D eigenvalue weighted by molar-refractivity contribution is 1.60.